The molecule has 0 aliphatic carbocycles. The van der Waals surface area contributed by atoms with E-state index in [4.69, 9.17) is 9.47 Å². The van der Waals surface area contributed by atoms with Gasteiger partial charge in [0.1, 0.15) is 18.1 Å². The molecule has 0 atom stereocenters. The summed E-state index contributed by atoms with van der Waals surface area (Å²) in [5, 5.41) is 3.97. The first-order valence-corrected chi connectivity index (χ1v) is 9.94. The van der Waals surface area contributed by atoms with Gasteiger partial charge in [0, 0.05) is 0 Å². The fraction of sp³-hybridized carbons (Fsp3) is 0.200. The van der Waals surface area contributed by atoms with Crippen molar-refractivity contribution in [3.05, 3.63) is 95.1 Å². The zero-order valence-corrected chi connectivity index (χ0v) is 17.3. The first kappa shape index (κ1) is 21.1. The summed E-state index contributed by atoms with van der Waals surface area (Å²) >= 11 is 0. The average Bonchev–Trinajstić information content (AvgIpc) is 2.78. The van der Waals surface area contributed by atoms with Crippen molar-refractivity contribution in [2.75, 3.05) is 6.61 Å². The lowest BCUT2D eigenvalue weighted by Crippen LogP contribution is -2.24. The smallest absolute Gasteiger partial charge is 0.277 e. The Morgan fingerprint density at radius 1 is 0.933 bits per heavy atom. The van der Waals surface area contributed by atoms with Crippen molar-refractivity contribution in [3.8, 4) is 11.5 Å². The number of benzene rings is 3. The van der Waals surface area contributed by atoms with Gasteiger partial charge >= 0.3 is 0 Å². The number of nitrogens with one attached hydrogen (secondary N) is 1. The minimum absolute atomic E-state index is 0.0870. The lowest BCUT2D eigenvalue weighted by molar-refractivity contribution is -0.123. The minimum atomic E-state index is -0.314. The predicted octanol–water partition coefficient (Wildman–Crippen LogP) is 4.67. The highest BCUT2D eigenvalue weighted by atomic mass is 16.5. The Morgan fingerprint density at radius 3 is 2.43 bits per heavy atom. The summed E-state index contributed by atoms with van der Waals surface area (Å²) in [6, 6.07) is 23.5. The molecule has 0 spiro atoms. The second kappa shape index (κ2) is 10.8. The third-order valence-corrected chi connectivity index (χ3v) is 4.49. The second-order valence-electron chi connectivity index (χ2n) is 6.93. The number of amides is 1. The van der Waals surface area contributed by atoms with Crippen LogP contribution >= 0.6 is 0 Å². The normalized spacial score (nSPS) is 10.7. The maximum absolute atomic E-state index is 11.9. The Labute approximate surface area is 177 Å². The van der Waals surface area contributed by atoms with Gasteiger partial charge in [-0.3, -0.25) is 4.79 Å². The fourth-order valence-corrected chi connectivity index (χ4v) is 2.72. The summed E-state index contributed by atoms with van der Waals surface area (Å²) in [6.07, 6.45) is 2.50. The molecule has 5 nitrogen and oxygen atoms in total. The first-order chi connectivity index (χ1) is 14.6. The van der Waals surface area contributed by atoms with Gasteiger partial charge in [0.2, 0.25) is 0 Å². The lowest BCUT2D eigenvalue weighted by Gasteiger charge is -2.07. The molecule has 5 heteroatoms. The molecule has 154 valence electrons. The molecule has 0 bridgehead atoms. The summed E-state index contributed by atoms with van der Waals surface area (Å²) in [6.45, 7) is 4.57. The topological polar surface area (TPSA) is 59.9 Å². The van der Waals surface area contributed by atoms with Gasteiger partial charge < -0.3 is 9.47 Å². The molecule has 0 unspecified atom stereocenters. The van der Waals surface area contributed by atoms with Crippen LogP contribution in [0.5, 0.6) is 11.5 Å². The van der Waals surface area contributed by atoms with Gasteiger partial charge in [-0.25, -0.2) is 5.43 Å². The number of carbonyl (C=O) groups is 1. The molecule has 3 aromatic rings. The van der Waals surface area contributed by atoms with Gasteiger partial charge in [-0.05, 0) is 66.4 Å². The maximum Gasteiger partial charge on any atom is 0.277 e. The highest BCUT2D eigenvalue weighted by Crippen LogP contribution is 2.14. The van der Waals surface area contributed by atoms with Crippen LogP contribution < -0.4 is 14.9 Å². The maximum atomic E-state index is 11.9. The van der Waals surface area contributed by atoms with E-state index in [1.54, 1.807) is 6.21 Å². The van der Waals surface area contributed by atoms with Crippen molar-refractivity contribution in [1.29, 1.82) is 0 Å². The first-order valence-electron chi connectivity index (χ1n) is 9.94. The molecule has 0 saturated carbocycles. The molecule has 0 saturated heterocycles. The zero-order valence-electron chi connectivity index (χ0n) is 17.3. The molecule has 0 heterocycles. The molecule has 0 aromatic heterocycles. The standard InChI is InChI=1S/C25H26N2O3/c1-3-20-5-4-6-24(15-20)30-18-25(28)27-26-16-21-11-13-23(14-12-21)29-17-22-9-7-19(2)8-10-22/h4-16H,3,17-18H2,1-2H3,(H,27,28)/b26-16+. The Hall–Kier alpha value is -3.60. The molecule has 1 amide bonds. The molecule has 3 rings (SSSR count). The van der Waals surface area contributed by atoms with Crippen molar-refractivity contribution in [2.45, 2.75) is 26.9 Å². The van der Waals surface area contributed by atoms with Crippen LogP contribution in [0.2, 0.25) is 0 Å². The van der Waals surface area contributed by atoms with Crippen LogP contribution in [0.25, 0.3) is 0 Å². The van der Waals surface area contributed by atoms with Crippen molar-refractivity contribution in [2.24, 2.45) is 5.10 Å². The van der Waals surface area contributed by atoms with Crippen molar-refractivity contribution < 1.29 is 14.3 Å². The van der Waals surface area contributed by atoms with Gasteiger partial charge in [-0.1, -0.05) is 48.9 Å². The molecule has 0 aliphatic rings. The highest BCUT2D eigenvalue weighted by Gasteiger charge is 2.02. The zero-order chi connectivity index (χ0) is 21.2. The number of ether oxygens (including phenoxy) is 2. The Balaban J connectivity index is 1.41. The number of carbonyl (C=O) groups excluding carboxylic acids is 1. The number of hydrogen-bond acceptors (Lipinski definition) is 4. The lowest BCUT2D eigenvalue weighted by atomic mass is 10.2. The largest absolute Gasteiger partial charge is 0.489 e. The Morgan fingerprint density at radius 2 is 1.70 bits per heavy atom. The molecule has 3 aromatic carbocycles. The van der Waals surface area contributed by atoms with Gasteiger partial charge in [-0.15, -0.1) is 0 Å². The van der Waals surface area contributed by atoms with Crippen molar-refractivity contribution in [3.63, 3.8) is 0 Å². The van der Waals surface area contributed by atoms with E-state index in [9.17, 15) is 4.79 Å². The van der Waals surface area contributed by atoms with E-state index in [1.807, 2.05) is 48.5 Å². The Bertz CT molecular complexity index is 980. The third-order valence-electron chi connectivity index (χ3n) is 4.49. The van der Waals surface area contributed by atoms with Crippen LogP contribution in [-0.4, -0.2) is 18.7 Å². The van der Waals surface area contributed by atoms with E-state index in [0.717, 1.165) is 28.9 Å². The number of hydrazone groups is 1. The van der Waals surface area contributed by atoms with Crippen LogP contribution in [0.1, 0.15) is 29.2 Å². The number of aryl methyl sites for hydroxylation is 2. The van der Waals surface area contributed by atoms with Gasteiger partial charge in [0.25, 0.3) is 5.91 Å². The van der Waals surface area contributed by atoms with Crippen LogP contribution in [-0.2, 0) is 17.8 Å². The fourth-order valence-electron chi connectivity index (χ4n) is 2.72. The van der Waals surface area contributed by atoms with Crippen LogP contribution in [0, 0.1) is 6.92 Å². The minimum Gasteiger partial charge on any atom is -0.489 e. The van der Waals surface area contributed by atoms with E-state index in [2.05, 4.69) is 48.6 Å². The SMILES string of the molecule is CCc1cccc(OCC(=O)N/N=C/c2ccc(OCc3ccc(C)cc3)cc2)c1. The molecular formula is C25H26N2O3. The van der Waals surface area contributed by atoms with Crippen LogP contribution in [0.4, 0.5) is 0 Å². The number of rotatable bonds is 9. The van der Waals surface area contributed by atoms with E-state index in [-0.39, 0.29) is 12.5 Å². The average molecular weight is 402 g/mol. The number of nitrogens with zero attached hydrogens (tertiary/aromatic N) is 1. The van der Waals surface area contributed by atoms with Crippen LogP contribution in [0.15, 0.2) is 77.9 Å². The molecular weight excluding hydrogens is 376 g/mol. The second-order valence-corrected chi connectivity index (χ2v) is 6.93. The van der Waals surface area contributed by atoms with Crippen molar-refractivity contribution >= 4 is 12.1 Å². The van der Waals surface area contributed by atoms with Gasteiger partial charge in [0.15, 0.2) is 6.61 Å². The van der Waals surface area contributed by atoms with Crippen molar-refractivity contribution in [1.82, 2.24) is 5.43 Å². The third kappa shape index (κ3) is 6.78. The van der Waals surface area contributed by atoms with E-state index in [1.165, 1.54) is 5.56 Å². The Kier molecular flexibility index (Phi) is 7.61. The van der Waals surface area contributed by atoms with E-state index < -0.39 is 0 Å². The summed E-state index contributed by atoms with van der Waals surface area (Å²) in [5.41, 5.74) is 6.84. The highest BCUT2D eigenvalue weighted by molar-refractivity contribution is 5.83. The molecule has 30 heavy (non-hydrogen) atoms. The predicted molar refractivity (Wildman–Crippen MR) is 119 cm³/mol. The van der Waals surface area contributed by atoms with E-state index in [0.29, 0.717) is 12.4 Å². The summed E-state index contributed by atoms with van der Waals surface area (Å²) in [4.78, 5) is 11.9. The molecule has 0 fully saturated rings. The van der Waals surface area contributed by atoms with Crippen LogP contribution in [0.3, 0.4) is 0 Å². The number of hydrogen-bond donors (Lipinski definition) is 1. The molecule has 1 N–H and O–H groups in total. The van der Waals surface area contributed by atoms with E-state index >= 15 is 0 Å². The molecule has 0 radical (unpaired) electrons. The summed E-state index contributed by atoms with van der Waals surface area (Å²) < 4.78 is 11.3. The quantitative estimate of drug-likeness (QED) is 0.418. The summed E-state index contributed by atoms with van der Waals surface area (Å²) in [5.74, 6) is 1.14. The summed E-state index contributed by atoms with van der Waals surface area (Å²) in [7, 11) is 0. The van der Waals surface area contributed by atoms with Gasteiger partial charge in [0.05, 0.1) is 6.21 Å². The molecule has 0 aliphatic heterocycles. The van der Waals surface area contributed by atoms with Gasteiger partial charge in [-0.2, -0.15) is 5.10 Å². The monoisotopic (exact) mass is 402 g/mol.